The standard InChI is InChI=1S/C14H15FINO3/c1-7-4-9(10(5-7)14(19)20)13(18)17-12-3-2-8(15)6-11(12)16/h2-3,6-7,9-10H,4-5H2,1H3,(H,17,18)(H,19,20). The van der Waals surface area contributed by atoms with Crippen LogP contribution in [0.5, 0.6) is 0 Å². The van der Waals surface area contributed by atoms with Gasteiger partial charge in [-0.1, -0.05) is 6.92 Å². The molecule has 1 saturated carbocycles. The van der Waals surface area contributed by atoms with Gasteiger partial charge in [0.25, 0.3) is 0 Å². The Morgan fingerprint density at radius 3 is 2.60 bits per heavy atom. The van der Waals surface area contributed by atoms with Crippen LogP contribution in [0.15, 0.2) is 18.2 Å². The molecule has 6 heteroatoms. The maximum atomic E-state index is 13.0. The van der Waals surface area contributed by atoms with Crippen LogP contribution in [0.25, 0.3) is 0 Å². The molecule has 0 bridgehead atoms. The number of carboxylic acid groups (broad SMARTS) is 1. The molecule has 1 aromatic carbocycles. The van der Waals surface area contributed by atoms with E-state index in [-0.39, 0.29) is 17.6 Å². The number of hydrogen-bond donors (Lipinski definition) is 2. The highest BCUT2D eigenvalue weighted by molar-refractivity contribution is 14.1. The second-order valence-corrected chi connectivity index (χ2v) is 6.40. The summed E-state index contributed by atoms with van der Waals surface area (Å²) in [7, 11) is 0. The molecule has 0 saturated heterocycles. The smallest absolute Gasteiger partial charge is 0.307 e. The highest BCUT2D eigenvalue weighted by Gasteiger charge is 2.41. The molecule has 20 heavy (non-hydrogen) atoms. The number of hydrogen-bond acceptors (Lipinski definition) is 2. The van der Waals surface area contributed by atoms with E-state index in [1.807, 2.05) is 29.5 Å². The van der Waals surface area contributed by atoms with Crippen molar-refractivity contribution in [2.45, 2.75) is 19.8 Å². The monoisotopic (exact) mass is 391 g/mol. The summed E-state index contributed by atoms with van der Waals surface area (Å²) in [6, 6.07) is 4.08. The van der Waals surface area contributed by atoms with Gasteiger partial charge in [0.05, 0.1) is 17.5 Å². The van der Waals surface area contributed by atoms with Crippen molar-refractivity contribution in [1.82, 2.24) is 0 Å². The first-order valence-corrected chi connectivity index (χ1v) is 7.45. The SMILES string of the molecule is CC1CC(C(=O)O)C(C(=O)Nc2ccc(F)cc2I)C1. The first-order chi connectivity index (χ1) is 9.38. The van der Waals surface area contributed by atoms with Crippen molar-refractivity contribution >= 4 is 40.2 Å². The van der Waals surface area contributed by atoms with Crippen molar-refractivity contribution in [3.05, 3.63) is 27.6 Å². The molecule has 4 nitrogen and oxygen atoms in total. The second kappa shape index (κ2) is 6.07. The van der Waals surface area contributed by atoms with E-state index >= 15 is 0 Å². The van der Waals surface area contributed by atoms with Gasteiger partial charge in [-0.25, -0.2) is 4.39 Å². The van der Waals surface area contributed by atoms with Crippen LogP contribution in [0.1, 0.15) is 19.8 Å². The summed E-state index contributed by atoms with van der Waals surface area (Å²) < 4.78 is 13.6. The third-order valence-electron chi connectivity index (χ3n) is 3.64. The molecule has 1 amide bonds. The maximum absolute atomic E-state index is 13.0. The zero-order chi connectivity index (χ0) is 14.9. The number of nitrogens with one attached hydrogen (secondary N) is 1. The van der Waals surface area contributed by atoms with Gasteiger partial charge in [0, 0.05) is 3.57 Å². The zero-order valence-corrected chi connectivity index (χ0v) is 13.1. The summed E-state index contributed by atoms with van der Waals surface area (Å²) in [6.07, 6.45) is 1.09. The number of rotatable bonds is 3. The van der Waals surface area contributed by atoms with Gasteiger partial charge in [0.15, 0.2) is 0 Å². The minimum Gasteiger partial charge on any atom is -0.481 e. The van der Waals surface area contributed by atoms with E-state index < -0.39 is 17.8 Å². The number of carbonyl (C=O) groups excluding carboxylic acids is 1. The van der Waals surface area contributed by atoms with E-state index in [4.69, 9.17) is 0 Å². The Bertz CT molecular complexity index is 549. The van der Waals surface area contributed by atoms with E-state index in [9.17, 15) is 19.1 Å². The Balaban J connectivity index is 2.13. The second-order valence-electron chi connectivity index (χ2n) is 5.24. The first-order valence-electron chi connectivity index (χ1n) is 6.37. The van der Waals surface area contributed by atoms with Crippen LogP contribution in [0.2, 0.25) is 0 Å². The Labute approximate surface area is 129 Å². The van der Waals surface area contributed by atoms with Crippen LogP contribution in [0.4, 0.5) is 10.1 Å². The molecule has 0 spiro atoms. The molecule has 2 N–H and O–H groups in total. The summed E-state index contributed by atoms with van der Waals surface area (Å²) in [4.78, 5) is 23.4. The molecule has 1 aromatic rings. The average molecular weight is 391 g/mol. The van der Waals surface area contributed by atoms with Crippen molar-refractivity contribution in [2.75, 3.05) is 5.32 Å². The minimum atomic E-state index is -0.927. The topological polar surface area (TPSA) is 66.4 Å². The number of aliphatic carboxylic acids is 1. The molecule has 108 valence electrons. The lowest BCUT2D eigenvalue weighted by Gasteiger charge is -2.16. The number of benzene rings is 1. The van der Waals surface area contributed by atoms with Gasteiger partial charge in [-0.3, -0.25) is 9.59 Å². The van der Waals surface area contributed by atoms with Crippen LogP contribution < -0.4 is 5.32 Å². The van der Waals surface area contributed by atoms with Crippen molar-refractivity contribution in [3.63, 3.8) is 0 Å². The van der Waals surface area contributed by atoms with E-state index in [0.717, 1.165) is 0 Å². The largest absolute Gasteiger partial charge is 0.481 e. The van der Waals surface area contributed by atoms with Gasteiger partial charge in [-0.05, 0) is 59.5 Å². The van der Waals surface area contributed by atoms with Gasteiger partial charge in [0.1, 0.15) is 5.82 Å². The van der Waals surface area contributed by atoms with Crippen molar-refractivity contribution in [3.8, 4) is 0 Å². The summed E-state index contributed by atoms with van der Waals surface area (Å²) in [5.74, 6) is -2.54. The third-order valence-corrected chi connectivity index (χ3v) is 4.53. The average Bonchev–Trinajstić information content (AvgIpc) is 2.75. The lowest BCUT2D eigenvalue weighted by Crippen LogP contribution is -2.30. The van der Waals surface area contributed by atoms with Crippen LogP contribution in [0.3, 0.4) is 0 Å². The fourth-order valence-corrected chi connectivity index (χ4v) is 3.28. The maximum Gasteiger partial charge on any atom is 0.307 e. The summed E-state index contributed by atoms with van der Waals surface area (Å²) in [5.41, 5.74) is 0.515. The van der Waals surface area contributed by atoms with Gasteiger partial charge in [0.2, 0.25) is 5.91 Å². The molecule has 0 heterocycles. The number of carbonyl (C=O) groups is 2. The van der Waals surface area contributed by atoms with Gasteiger partial charge >= 0.3 is 5.97 Å². The molecule has 1 fully saturated rings. The number of halogens is 2. The van der Waals surface area contributed by atoms with Crippen molar-refractivity contribution in [1.29, 1.82) is 0 Å². The molecule has 1 aliphatic rings. The van der Waals surface area contributed by atoms with E-state index in [1.165, 1.54) is 18.2 Å². The zero-order valence-electron chi connectivity index (χ0n) is 10.9. The van der Waals surface area contributed by atoms with Crippen LogP contribution >= 0.6 is 22.6 Å². The Morgan fingerprint density at radius 1 is 1.35 bits per heavy atom. The highest BCUT2D eigenvalue weighted by Crippen LogP contribution is 2.37. The predicted octanol–water partition coefficient (Wildman–Crippen LogP) is 3.12. The Morgan fingerprint density at radius 2 is 2.00 bits per heavy atom. The predicted molar refractivity (Wildman–Crippen MR) is 80.8 cm³/mol. The molecule has 1 aliphatic carbocycles. The molecule has 3 unspecified atom stereocenters. The van der Waals surface area contributed by atoms with Crippen molar-refractivity contribution < 1.29 is 19.1 Å². The van der Waals surface area contributed by atoms with E-state index in [1.54, 1.807) is 0 Å². The summed E-state index contributed by atoms with van der Waals surface area (Å²) in [6.45, 7) is 1.95. The lowest BCUT2D eigenvalue weighted by atomic mass is 9.95. The molecule has 0 radical (unpaired) electrons. The number of carboxylic acids is 1. The number of anilines is 1. The Hall–Kier alpha value is -1.18. The van der Waals surface area contributed by atoms with E-state index in [2.05, 4.69) is 5.32 Å². The fourth-order valence-electron chi connectivity index (χ4n) is 2.67. The fraction of sp³-hybridized carbons (Fsp3) is 0.429. The Kier molecular flexibility index (Phi) is 4.62. The molecule has 0 aromatic heterocycles. The molecule has 3 atom stereocenters. The van der Waals surface area contributed by atoms with Gasteiger partial charge < -0.3 is 10.4 Å². The van der Waals surface area contributed by atoms with Crippen molar-refractivity contribution in [2.24, 2.45) is 17.8 Å². The van der Waals surface area contributed by atoms with Gasteiger partial charge in [-0.2, -0.15) is 0 Å². The lowest BCUT2D eigenvalue weighted by molar-refractivity contribution is -0.145. The quantitative estimate of drug-likeness (QED) is 0.779. The van der Waals surface area contributed by atoms with Gasteiger partial charge in [-0.15, -0.1) is 0 Å². The molecule has 2 rings (SSSR count). The number of amides is 1. The summed E-state index contributed by atoms with van der Waals surface area (Å²) >= 11 is 1.93. The molecular formula is C14H15FINO3. The molecule has 0 aliphatic heterocycles. The van der Waals surface area contributed by atoms with E-state index in [0.29, 0.717) is 22.1 Å². The highest BCUT2D eigenvalue weighted by atomic mass is 127. The first kappa shape index (κ1) is 15.2. The van der Waals surface area contributed by atoms with Crippen LogP contribution in [-0.2, 0) is 9.59 Å². The minimum absolute atomic E-state index is 0.221. The normalized spacial score (nSPS) is 25.4. The van der Waals surface area contributed by atoms with Crippen LogP contribution in [-0.4, -0.2) is 17.0 Å². The van der Waals surface area contributed by atoms with Crippen LogP contribution in [0, 0.1) is 27.1 Å². The third kappa shape index (κ3) is 3.28. The molecular weight excluding hydrogens is 376 g/mol. The summed E-state index contributed by atoms with van der Waals surface area (Å²) in [5, 5.41) is 11.9.